The average molecular weight is 222 g/mol. The molecule has 4 nitrogen and oxygen atoms in total. The van der Waals surface area contributed by atoms with Gasteiger partial charge in [0.25, 0.3) is 0 Å². The van der Waals surface area contributed by atoms with Crippen molar-refractivity contribution >= 4 is 0 Å². The van der Waals surface area contributed by atoms with Gasteiger partial charge in [-0.25, -0.2) is 0 Å². The molecule has 1 aromatic carbocycles. The molecule has 0 saturated carbocycles. The maximum absolute atomic E-state index is 5.79. The minimum Gasteiger partial charge on any atom is -0.486 e. The fourth-order valence-corrected chi connectivity index (χ4v) is 1.64. The minimum absolute atomic E-state index is 0.0636. The van der Waals surface area contributed by atoms with Crippen molar-refractivity contribution in [2.24, 2.45) is 5.73 Å². The second-order valence-electron chi connectivity index (χ2n) is 4.13. The van der Waals surface area contributed by atoms with E-state index in [1.165, 1.54) is 0 Å². The van der Waals surface area contributed by atoms with E-state index in [0.29, 0.717) is 6.61 Å². The number of ether oxygens (including phenoxy) is 2. The molecule has 0 bridgehead atoms. The number of fused-ring (bicyclic) bond motifs is 1. The Kier molecular flexibility index (Phi) is 3.64. The second-order valence-corrected chi connectivity index (χ2v) is 4.13. The molecule has 1 aliphatic heterocycles. The van der Waals surface area contributed by atoms with Crippen LogP contribution in [0, 0.1) is 0 Å². The molecule has 0 radical (unpaired) electrons. The summed E-state index contributed by atoms with van der Waals surface area (Å²) in [5.74, 6) is 1.65. The van der Waals surface area contributed by atoms with Crippen LogP contribution < -0.4 is 20.5 Å². The van der Waals surface area contributed by atoms with Gasteiger partial charge in [-0.3, -0.25) is 0 Å². The third kappa shape index (κ3) is 2.87. The SMILES string of the molecule is CC(N)CNCC1COc2ccccc2O1. The normalized spacial score (nSPS) is 20.5. The second kappa shape index (κ2) is 5.18. The first kappa shape index (κ1) is 11.2. The topological polar surface area (TPSA) is 56.5 Å². The van der Waals surface area contributed by atoms with Gasteiger partial charge in [-0.1, -0.05) is 12.1 Å². The Hall–Kier alpha value is -1.26. The predicted octanol–water partition coefficient (Wildman–Crippen LogP) is 0.763. The van der Waals surface area contributed by atoms with Crippen LogP contribution in [-0.4, -0.2) is 31.8 Å². The summed E-state index contributed by atoms with van der Waals surface area (Å²) in [6.07, 6.45) is 0.0636. The van der Waals surface area contributed by atoms with Crippen molar-refractivity contribution < 1.29 is 9.47 Å². The molecule has 0 aromatic heterocycles. The van der Waals surface area contributed by atoms with E-state index in [-0.39, 0.29) is 12.1 Å². The first-order chi connectivity index (χ1) is 7.75. The summed E-state index contributed by atoms with van der Waals surface area (Å²) >= 11 is 0. The molecule has 1 aromatic rings. The lowest BCUT2D eigenvalue weighted by Gasteiger charge is -2.26. The lowest BCUT2D eigenvalue weighted by Crippen LogP contribution is -2.41. The summed E-state index contributed by atoms with van der Waals surface area (Å²) in [7, 11) is 0. The van der Waals surface area contributed by atoms with Crippen molar-refractivity contribution in [3.05, 3.63) is 24.3 Å². The minimum atomic E-state index is 0.0636. The van der Waals surface area contributed by atoms with Crippen molar-refractivity contribution in [2.75, 3.05) is 19.7 Å². The first-order valence-corrected chi connectivity index (χ1v) is 5.60. The molecule has 0 aliphatic carbocycles. The van der Waals surface area contributed by atoms with Gasteiger partial charge in [0, 0.05) is 19.1 Å². The quantitative estimate of drug-likeness (QED) is 0.790. The number of hydrogen-bond acceptors (Lipinski definition) is 4. The lowest BCUT2D eigenvalue weighted by atomic mass is 10.2. The Morgan fingerprint density at radius 1 is 1.44 bits per heavy atom. The van der Waals surface area contributed by atoms with Crippen LogP contribution in [0.1, 0.15) is 6.92 Å². The molecule has 3 N–H and O–H groups in total. The molecule has 0 spiro atoms. The molecule has 0 fully saturated rings. The van der Waals surface area contributed by atoms with E-state index in [4.69, 9.17) is 15.2 Å². The van der Waals surface area contributed by atoms with Crippen LogP contribution in [0.4, 0.5) is 0 Å². The van der Waals surface area contributed by atoms with Crippen LogP contribution >= 0.6 is 0 Å². The summed E-state index contributed by atoms with van der Waals surface area (Å²) in [5, 5.41) is 3.26. The molecule has 4 heteroatoms. The fraction of sp³-hybridized carbons (Fsp3) is 0.500. The highest BCUT2D eigenvalue weighted by atomic mass is 16.6. The number of hydrogen-bond donors (Lipinski definition) is 2. The van der Waals surface area contributed by atoms with E-state index >= 15 is 0 Å². The van der Waals surface area contributed by atoms with Gasteiger partial charge in [0.1, 0.15) is 12.7 Å². The molecular formula is C12H18N2O2. The molecule has 1 heterocycles. The summed E-state index contributed by atoms with van der Waals surface area (Å²) in [5.41, 5.74) is 5.65. The lowest BCUT2D eigenvalue weighted by molar-refractivity contribution is 0.0903. The van der Waals surface area contributed by atoms with Gasteiger partial charge in [0.05, 0.1) is 0 Å². The van der Waals surface area contributed by atoms with E-state index in [1.807, 2.05) is 31.2 Å². The van der Waals surface area contributed by atoms with E-state index in [0.717, 1.165) is 24.6 Å². The molecular weight excluding hydrogens is 204 g/mol. The van der Waals surface area contributed by atoms with Gasteiger partial charge < -0.3 is 20.5 Å². The molecule has 2 unspecified atom stereocenters. The number of benzene rings is 1. The van der Waals surface area contributed by atoms with Gasteiger partial charge >= 0.3 is 0 Å². The summed E-state index contributed by atoms with van der Waals surface area (Å²) < 4.78 is 11.4. The Morgan fingerprint density at radius 2 is 2.19 bits per heavy atom. The highest BCUT2D eigenvalue weighted by Gasteiger charge is 2.19. The first-order valence-electron chi connectivity index (χ1n) is 5.60. The molecule has 0 amide bonds. The average Bonchev–Trinajstić information content (AvgIpc) is 2.28. The smallest absolute Gasteiger partial charge is 0.161 e. The van der Waals surface area contributed by atoms with E-state index < -0.39 is 0 Å². The zero-order valence-electron chi connectivity index (χ0n) is 9.48. The van der Waals surface area contributed by atoms with Crippen LogP contribution in [0.25, 0.3) is 0 Å². The van der Waals surface area contributed by atoms with E-state index in [2.05, 4.69) is 5.32 Å². The zero-order chi connectivity index (χ0) is 11.4. The van der Waals surface area contributed by atoms with Gasteiger partial charge in [-0.05, 0) is 19.1 Å². The molecule has 2 rings (SSSR count). The third-order valence-corrected chi connectivity index (χ3v) is 2.41. The van der Waals surface area contributed by atoms with E-state index in [9.17, 15) is 0 Å². The maximum Gasteiger partial charge on any atom is 0.161 e. The van der Waals surface area contributed by atoms with Crippen molar-refractivity contribution in [2.45, 2.75) is 19.1 Å². The Balaban J connectivity index is 1.83. The van der Waals surface area contributed by atoms with Gasteiger partial charge in [0.2, 0.25) is 0 Å². The van der Waals surface area contributed by atoms with Crippen molar-refractivity contribution in [3.8, 4) is 11.5 Å². The van der Waals surface area contributed by atoms with E-state index in [1.54, 1.807) is 0 Å². The Labute approximate surface area is 95.7 Å². The number of rotatable bonds is 4. The molecule has 0 saturated heterocycles. The molecule has 88 valence electrons. The zero-order valence-corrected chi connectivity index (χ0v) is 9.48. The van der Waals surface area contributed by atoms with Crippen molar-refractivity contribution in [1.29, 1.82) is 0 Å². The molecule has 1 aliphatic rings. The maximum atomic E-state index is 5.79. The Bertz CT molecular complexity index is 342. The predicted molar refractivity (Wildman–Crippen MR) is 62.9 cm³/mol. The molecule has 16 heavy (non-hydrogen) atoms. The number of nitrogens with two attached hydrogens (primary N) is 1. The summed E-state index contributed by atoms with van der Waals surface area (Å²) in [4.78, 5) is 0. The van der Waals surface area contributed by atoms with Crippen molar-refractivity contribution in [3.63, 3.8) is 0 Å². The Morgan fingerprint density at radius 3 is 2.94 bits per heavy atom. The van der Waals surface area contributed by atoms with Gasteiger partial charge in [-0.2, -0.15) is 0 Å². The van der Waals surface area contributed by atoms with Crippen LogP contribution in [0.5, 0.6) is 11.5 Å². The molecule has 2 atom stereocenters. The fourth-order valence-electron chi connectivity index (χ4n) is 1.64. The standard InChI is InChI=1S/C12H18N2O2/c1-9(13)6-14-7-10-8-15-11-4-2-3-5-12(11)16-10/h2-5,9-10,14H,6-8,13H2,1H3. The van der Waals surface area contributed by atoms with Gasteiger partial charge in [-0.15, -0.1) is 0 Å². The summed E-state index contributed by atoms with van der Waals surface area (Å²) in [6, 6.07) is 7.89. The largest absolute Gasteiger partial charge is 0.486 e. The number of para-hydroxylation sites is 2. The van der Waals surface area contributed by atoms with Crippen LogP contribution in [0.15, 0.2) is 24.3 Å². The van der Waals surface area contributed by atoms with Crippen molar-refractivity contribution in [1.82, 2.24) is 5.32 Å². The highest BCUT2D eigenvalue weighted by molar-refractivity contribution is 5.40. The monoisotopic (exact) mass is 222 g/mol. The van der Waals surface area contributed by atoms with Crippen LogP contribution in [0.3, 0.4) is 0 Å². The highest BCUT2D eigenvalue weighted by Crippen LogP contribution is 2.30. The number of nitrogens with one attached hydrogen (secondary N) is 1. The third-order valence-electron chi connectivity index (χ3n) is 2.41. The van der Waals surface area contributed by atoms with Gasteiger partial charge in [0.15, 0.2) is 11.5 Å². The van der Waals surface area contributed by atoms with Crippen LogP contribution in [0.2, 0.25) is 0 Å². The summed E-state index contributed by atoms with van der Waals surface area (Å²) in [6.45, 7) is 4.11. The van der Waals surface area contributed by atoms with Crippen LogP contribution in [-0.2, 0) is 0 Å².